The van der Waals surface area contributed by atoms with Crippen molar-refractivity contribution >= 4 is 5.97 Å². The molecule has 1 aromatic heterocycles. The van der Waals surface area contributed by atoms with Crippen LogP contribution in [0.4, 0.5) is 0 Å². The minimum Gasteiger partial charge on any atom is -0.504 e. The van der Waals surface area contributed by atoms with Crippen LogP contribution in [-0.2, 0) is 9.53 Å². The van der Waals surface area contributed by atoms with Crippen LogP contribution in [0.15, 0.2) is 51.7 Å². The molecule has 6 nitrogen and oxygen atoms in total. The molecule has 6 heteroatoms. The number of carbonyl (C=O) groups excluding carboxylic acids is 1. The van der Waals surface area contributed by atoms with E-state index in [9.17, 15) is 14.7 Å². The summed E-state index contributed by atoms with van der Waals surface area (Å²) in [6.45, 7) is 3.61. The minimum absolute atomic E-state index is 0.0635. The first-order valence-corrected chi connectivity index (χ1v) is 7.72. The number of carbonyl (C=O) groups is 1. The highest BCUT2D eigenvalue weighted by Crippen LogP contribution is 2.25. The Labute approximate surface area is 140 Å². The molecule has 0 bridgehead atoms. The summed E-state index contributed by atoms with van der Waals surface area (Å²) in [5.74, 6) is -2.20. The molecule has 0 spiro atoms. The first-order valence-electron chi connectivity index (χ1n) is 7.72. The van der Waals surface area contributed by atoms with Crippen LogP contribution in [0.1, 0.15) is 45.0 Å². The monoisotopic (exact) mass is 334 g/mol. The predicted molar refractivity (Wildman–Crippen MR) is 89.8 cm³/mol. The number of allylic oxidation sites excluding steroid dienone is 5. The molecule has 0 radical (unpaired) electrons. The van der Waals surface area contributed by atoms with Gasteiger partial charge in [0.15, 0.2) is 17.6 Å². The zero-order chi connectivity index (χ0) is 17.9. The van der Waals surface area contributed by atoms with Crippen LogP contribution in [0.25, 0.3) is 0 Å². The van der Waals surface area contributed by atoms with E-state index in [1.165, 1.54) is 19.1 Å². The van der Waals surface area contributed by atoms with Crippen LogP contribution in [0.5, 0.6) is 11.5 Å². The van der Waals surface area contributed by atoms with Gasteiger partial charge in [-0.25, -0.2) is 9.59 Å². The molecular formula is C18H22O6. The van der Waals surface area contributed by atoms with Crippen molar-refractivity contribution in [3.63, 3.8) is 0 Å². The summed E-state index contributed by atoms with van der Waals surface area (Å²) in [5.41, 5.74) is -1.10. The van der Waals surface area contributed by atoms with Crippen molar-refractivity contribution in [3.05, 3.63) is 58.7 Å². The fourth-order valence-electron chi connectivity index (χ4n) is 1.72. The molecule has 1 atom stereocenters. The van der Waals surface area contributed by atoms with Crippen molar-refractivity contribution in [2.24, 2.45) is 0 Å². The van der Waals surface area contributed by atoms with Crippen LogP contribution in [0.2, 0.25) is 0 Å². The molecule has 1 rings (SSSR count). The molecule has 2 N–H and O–H groups in total. The summed E-state index contributed by atoms with van der Waals surface area (Å²) in [7, 11) is 0. The standard InChI is InChI=1S/C18H22O6/c1-3-4-5-6-7-8-9-10-11-16(20)23-13(2)15-12-14(19)17(21)18(22)24-15/h6-13,19,21H,3-5H2,1-2H3/b7-6+,9-8+,11-10+. The van der Waals surface area contributed by atoms with Gasteiger partial charge in [-0.05, 0) is 13.3 Å². The number of rotatable bonds is 8. The second kappa shape index (κ2) is 10.1. The van der Waals surface area contributed by atoms with Gasteiger partial charge < -0.3 is 19.4 Å². The Morgan fingerprint density at radius 3 is 2.67 bits per heavy atom. The summed E-state index contributed by atoms with van der Waals surface area (Å²) in [4.78, 5) is 22.9. The molecule has 0 fully saturated rings. The molecule has 1 heterocycles. The SMILES string of the molecule is CCCC/C=C/C=C/C=C/C(=O)OC(C)c1cc(O)c(O)c(=O)o1. The van der Waals surface area contributed by atoms with Gasteiger partial charge >= 0.3 is 11.6 Å². The highest BCUT2D eigenvalue weighted by Gasteiger charge is 2.17. The maximum absolute atomic E-state index is 11.6. The van der Waals surface area contributed by atoms with E-state index in [0.717, 1.165) is 25.3 Å². The van der Waals surface area contributed by atoms with Gasteiger partial charge in [0.05, 0.1) is 0 Å². The van der Waals surface area contributed by atoms with E-state index in [0.29, 0.717) is 0 Å². The lowest BCUT2D eigenvalue weighted by molar-refractivity contribution is -0.143. The van der Waals surface area contributed by atoms with E-state index in [1.54, 1.807) is 12.2 Å². The van der Waals surface area contributed by atoms with Gasteiger partial charge in [0, 0.05) is 12.1 Å². The van der Waals surface area contributed by atoms with Crippen LogP contribution >= 0.6 is 0 Å². The number of hydrogen-bond acceptors (Lipinski definition) is 6. The lowest BCUT2D eigenvalue weighted by Gasteiger charge is -2.10. The summed E-state index contributed by atoms with van der Waals surface area (Å²) in [6.07, 6.45) is 12.6. The molecule has 0 amide bonds. The third-order valence-electron chi connectivity index (χ3n) is 3.05. The van der Waals surface area contributed by atoms with Crippen LogP contribution in [-0.4, -0.2) is 16.2 Å². The number of hydrogen-bond donors (Lipinski definition) is 2. The molecular weight excluding hydrogens is 312 g/mol. The first kappa shape index (κ1) is 19.3. The van der Waals surface area contributed by atoms with Crippen LogP contribution in [0, 0.1) is 0 Å². The Bertz CT molecular complexity index is 681. The molecule has 24 heavy (non-hydrogen) atoms. The molecule has 0 aliphatic rings. The van der Waals surface area contributed by atoms with Crippen molar-refractivity contribution in [1.29, 1.82) is 0 Å². The van der Waals surface area contributed by atoms with Gasteiger partial charge in [0.2, 0.25) is 5.75 Å². The zero-order valence-electron chi connectivity index (χ0n) is 13.8. The van der Waals surface area contributed by atoms with E-state index in [1.807, 2.05) is 12.2 Å². The fourth-order valence-corrected chi connectivity index (χ4v) is 1.72. The average molecular weight is 334 g/mol. The van der Waals surface area contributed by atoms with Gasteiger partial charge in [0.25, 0.3) is 0 Å². The molecule has 1 unspecified atom stereocenters. The number of unbranched alkanes of at least 4 members (excludes halogenated alkanes) is 2. The van der Waals surface area contributed by atoms with Crippen molar-refractivity contribution in [2.45, 2.75) is 39.2 Å². The minimum atomic E-state index is -1.10. The molecule has 0 saturated carbocycles. The summed E-state index contributed by atoms with van der Waals surface area (Å²) >= 11 is 0. The van der Waals surface area contributed by atoms with Crippen molar-refractivity contribution in [2.75, 3.05) is 0 Å². The van der Waals surface area contributed by atoms with Gasteiger partial charge in [-0.3, -0.25) is 0 Å². The van der Waals surface area contributed by atoms with Crippen molar-refractivity contribution in [3.8, 4) is 11.5 Å². The van der Waals surface area contributed by atoms with Crippen molar-refractivity contribution < 1.29 is 24.2 Å². The Morgan fingerprint density at radius 1 is 1.29 bits per heavy atom. The Morgan fingerprint density at radius 2 is 2.00 bits per heavy atom. The Kier molecular flexibility index (Phi) is 8.11. The Balaban J connectivity index is 2.52. The van der Waals surface area contributed by atoms with Crippen LogP contribution in [0.3, 0.4) is 0 Å². The Hall–Kier alpha value is -2.76. The van der Waals surface area contributed by atoms with Gasteiger partial charge in [-0.15, -0.1) is 0 Å². The molecule has 130 valence electrons. The molecule has 1 aromatic rings. The molecule has 0 aromatic carbocycles. The predicted octanol–water partition coefficient (Wildman–Crippen LogP) is 3.51. The van der Waals surface area contributed by atoms with E-state index in [4.69, 9.17) is 14.3 Å². The van der Waals surface area contributed by atoms with Gasteiger partial charge in [-0.1, -0.05) is 50.1 Å². The molecule has 0 aliphatic heterocycles. The van der Waals surface area contributed by atoms with Gasteiger partial charge in [0.1, 0.15) is 0 Å². The quantitative estimate of drug-likeness (QED) is 0.327. The van der Waals surface area contributed by atoms with Gasteiger partial charge in [-0.2, -0.15) is 0 Å². The maximum atomic E-state index is 11.6. The second-order valence-corrected chi connectivity index (χ2v) is 5.06. The second-order valence-electron chi connectivity index (χ2n) is 5.06. The third-order valence-corrected chi connectivity index (χ3v) is 3.05. The number of esters is 1. The fraction of sp³-hybridized carbons (Fsp3) is 0.333. The smallest absolute Gasteiger partial charge is 0.382 e. The zero-order valence-corrected chi connectivity index (χ0v) is 13.8. The summed E-state index contributed by atoms with van der Waals surface area (Å²) in [6, 6.07) is 1.03. The molecule has 0 aliphatic carbocycles. The first-order chi connectivity index (χ1) is 11.5. The lowest BCUT2D eigenvalue weighted by atomic mass is 10.2. The van der Waals surface area contributed by atoms with E-state index in [2.05, 4.69) is 6.92 Å². The summed E-state index contributed by atoms with van der Waals surface area (Å²) in [5, 5.41) is 18.5. The molecule has 0 saturated heterocycles. The number of ether oxygens (including phenoxy) is 1. The van der Waals surface area contributed by atoms with E-state index in [-0.39, 0.29) is 5.76 Å². The average Bonchev–Trinajstić information content (AvgIpc) is 2.54. The lowest BCUT2D eigenvalue weighted by Crippen LogP contribution is -2.09. The third kappa shape index (κ3) is 6.56. The van der Waals surface area contributed by atoms with E-state index < -0.39 is 29.2 Å². The largest absolute Gasteiger partial charge is 0.504 e. The maximum Gasteiger partial charge on any atom is 0.382 e. The highest BCUT2D eigenvalue weighted by molar-refractivity contribution is 5.82. The topological polar surface area (TPSA) is 97.0 Å². The van der Waals surface area contributed by atoms with Crippen molar-refractivity contribution in [1.82, 2.24) is 0 Å². The highest BCUT2D eigenvalue weighted by atomic mass is 16.6. The normalized spacial score (nSPS) is 13.1. The van der Waals surface area contributed by atoms with E-state index >= 15 is 0 Å². The summed E-state index contributed by atoms with van der Waals surface area (Å²) < 4.78 is 9.79. The number of aromatic hydroxyl groups is 2. The van der Waals surface area contributed by atoms with Crippen LogP contribution < -0.4 is 5.63 Å².